The number of nitrogens with one attached hydrogen (secondary N) is 1. The van der Waals surface area contributed by atoms with Crippen LogP contribution in [0.25, 0.3) is 0 Å². The van der Waals surface area contributed by atoms with Crippen LogP contribution in [0.1, 0.15) is 6.42 Å². The Balaban J connectivity index is 0.00000220. The third-order valence-corrected chi connectivity index (χ3v) is 3.21. The summed E-state index contributed by atoms with van der Waals surface area (Å²) < 4.78 is 15.8. The number of hydrogen-bond donors (Lipinski definition) is 2. The second-order valence-corrected chi connectivity index (χ2v) is 4.65. The van der Waals surface area contributed by atoms with Crippen molar-refractivity contribution in [2.45, 2.75) is 6.42 Å². The normalized spacial score (nSPS) is 18.0. The number of hydrogen-bond acceptors (Lipinski definition) is 4. The van der Waals surface area contributed by atoms with Crippen LogP contribution in [-0.4, -0.2) is 39.9 Å². The van der Waals surface area contributed by atoms with E-state index in [9.17, 15) is 0 Å². The second-order valence-electron chi connectivity index (χ2n) is 4.65. The minimum atomic E-state index is 0. The first-order valence-electron chi connectivity index (χ1n) is 6.59. The zero-order valence-electron chi connectivity index (χ0n) is 12.3. The largest absolute Gasteiger partial charge is 0.497 e. The average Bonchev–Trinajstić information content (AvgIpc) is 2.98. The van der Waals surface area contributed by atoms with Crippen molar-refractivity contribution in [3.05, 3.63) is 18.2 Å². The molecule has 1 atom stereocenters. The van der Waals surface area contributed by atoms with Crippen molar-refractivity contribution in [1.29, 1.82) is 0 Å². The maximum atomic E-state index is 5.90. The van der Waals surface area contributed by atoms with E-state index in [0.29, 0.717) is 24.2 Å². The zero-order chi connectivity index (χ0) is 14.4. The van der Waals surface area contributed by atoms with E-state index in [4.69, 9.17) is 19.9 Å². The molecule has 1 heterocycles. The number of nitrogens with zero attached hydrogens (tertiary/aromatic N) is 1. The molecule has 6 nitrogen and oxygen atoms in total. The molecule has 7 heteroatoms. The van der Waals surface area contributed by atoms with Gasteiger partial charge >= 0.3 is 0 Å². The van der Waals surface area contributed by atoms with E-state index >= 15 is 0 Å². The molecule has 1 fully saturated rings. The summed E-state index contributed by atoms with van der Waals surface area (Å²) in [6.45, 7) is 2.25. The Morgan fingerprint density at radius 2 is 2.24 bits per heavy atom. The van der Waals surface area contributed by atoms with Gasteiger partial charge in [0.15, 0.2) is 5.96 Å². The van der Waals surface area contributed by atoms with Gasteiger partial charge in [-0.3, -0.25) is 4.99 Å². The molecule has 118 valence electrons. The van der Waals surface area contributed by atoms with Crippen LogP contribution in [0.15, 0.2) is 23.2 Å². The first kappa shape index (κ1) is 17.8. The van der Waals surface area contributed by atoms with Crippen LogP contribution in [0.3, 0.4) is 0 Å². The highest BCUT2D eigenvalue weighted by Gasteiger charge is 2.15. The Kier molecular flexibility index (Phi) is 7.58. The Morgan fingerprint density at radius 1 is 1.43 bits per heavy atom. The molecule has 0 spiro atoms. The van der Waals surface area contributed by atoms with Crippen molar-refractivity contribution in [2.24, 2.45) is 16.6 Å². The molecular weight excluding hydrogens is 385 g/mol. The van der Waals surface area contributed by atoms with Crippen LogP contribution >= 0.6 is 24.0 Å². The van der Waals surface area contributed by atoms with Gasteiger partial charge in [-0.15, -0.1) is 24.0 Å². The van der Waals surface area contributed by atoms with Crippen molar-refractivity contribution in [1.82, 2.24) is 0 Å². The van der Waals surface area contributed by atoms with Crippen molar-refractivity contribution in [3.8, 4) is 11.5 Å². The maximum absolute atomic E-state index is 5.90. The number of rotatable bonds is 5. The van der Waals surface area contributed by atoms with Gasteiger partial charge in [0.2, 0.25) is 0 Å². The minimum absolute atomic E-state index is 0. The number of benzene rings is 1. The summed E-state index contributed by atoms with van der Waals surface area (Å²) in [6.07, 6.45) is 1.04. The third-order valence-electron chi connectivity index (χ3n) is 3.21. The fourth-order valence-corrected chi connectivity index (χ4v) is 2.04. The van der Waals surface area contributed by atoms with Crippen molar-refractivity contribution in [2.75, 3.05) is 39.3 Å². The Hall–Kier alpha value is -1.22. The lowest BCUT2D eigenvalue weighted by molar-refractivity contribution is 0.187. The van der Waals surface area contributed by atoms with E-state index in [0.717, 1.165) is 31.1 Å². The molecule has 0 aliphatic carbocycles. The fourth-order valence-electron chi connectivity index (χ4n) is 2.04. The third kappa shape index (κ3) is 5.24. The number of methoxy groups -OCH3 is 2. The first-order chi connectivity index (χ1) is 9.72. The second kappa shape index (κ2) is 8.93. The van der Waals surface area contributed by atoms with Crippen LogP contribution in [0.4, 0.5) is 5.69 Å². The van der Waals surface area contributed by atoms with E-state index < -0.39 is 0 Å². The monoisotopic (exact) mass is 407 g/mol. The minimum Gasteiger partial charge on any atom is -0.497 e. The lowest BCUT2D eigenvalue weighted by Gasteiger charge is -2.12. The van der Waals surface area contributed by atoms with Gasteiger partial charge in [-0.25, -0.2) is 0 Å². The van der Waals surface area contributed by atoms with Crippen LogP contribution in [0.2, 0.25) is 0 Å². The van der Waals surface area contributed by atoms with Gasteiger partial charge in [0.25, 0.3) is 0 Å². The molecule has 0 aromatic heterocycles. The number of guanidine groups is 1. The average molecular weight is 407 g/mol. The number of halogens is 1. The Bertz CT molecular complexity index is 477. The molecule has 1 aliphatic rings. The van der Waals surface area contributed by atoms with Crippen LogP contribution in [-0.2, 0) is 4.74 Å². The molecule has 3 N–H and O–H groups in total. The molecule has 0 saturated carbocycles. The van der Waals surface area contributed by atoms with Gasteiger partial charge < -0.3 is 25.3 Å². The van der Waals surface area contributed by atoms with Crippen LogP contribution in [0.5, 0.6) is 11.5 Å². The van der Waals surface area contributed by atoms with Gasteiger partial charge in [-0.05, 0) is 18.6 Å². The Morgan fingerprint density at radius 3 is 2.86 bits per heavy atom. The molecule has 1 aromatic carbocycles. The molecule has 1 aliphatic heterocycles. The fraction of sp³-hybridized carbons (Fsp3) is 0.500. The van der Waals surface area contributed by atoms with Crippen LogP contribution < -0.4 is 20.5 Å². The van der Waals surface area contributed by atoms with Gasteiger partial charge in [-0.2, -0.15) is 0 Å². The quantitative estimate of drug-likeness (QED) is 0.444. The SMILES string of the molecule is COc1ccc(OC)c(NC(N)=NCC2CCOC2)c1.I. The molecule has 0 bridgehead atoms. The number of aliphatic imine (C=N–C) groups is 1. The Labute approximate surface area is 142 Å². The van der Waals surface area contributed by atoms with Crippen molar-refractivity contribution in [3.63, 3.8) is 0 Å². The van der Waals surface area contributed by atoms with Crippen molar-refractivity contribution >= 4 is 35.6 Å². The molecule has 0 radical (unpaired) electrons. The van der Waals surface area contributed by atoms with E-state index in [1.54, 1.807) is 14.2 Å². The van der Waals surface area contributed by atoms with E-state index in [2.05, 4.69) is 10.3 Å². The highest BCUT2D eigenvalue weighted by atomic mass is 127. The maximum Gasteiger partial charge on any atom is 0.193 e. The van der Waals surface area contributed by atoms with Gasteiger partial charge in [-0.1, -0.05) is 0 Å². The lowest BCUT2D eigenvalue weighted by atomic mass is 10.1. The summed E-state index contributed by atoms with van der Waals surface area (Å²) >= 11 is 0. The highest BCUT2D eigenvalue weighted by Crippen LogP contribution is 2.28. The number of anilines is 1. The summed E-state index contributed by atoms with van der Waals surface area (Å²) in [5.74, 6) is 2.24. The summed E-state index contributed by atoms with van der Waals surface area (Å²) in [5.41, 5.74) is 6.63. The molecule has 1 aromatic rings. The van der Waals surface area contributed by atoms with Gasteiger partial charge in [0.05, 0.1) is 26.5 Å². The molecule has 2 rings (SSSR count). The molecular formula is C14H22IN3O3. The zero-order valence-corrected chi connectivity index (χ0v) is 14.6. The standard InChI is InChI=1S/C14H21N3O3.HI/c1-18-11-3-4-13(19-2)12(7-11)17-14(15)16-8-10-5-6-20-9-10;/h3-4,7,10H,5-6,8-9H2,1-2H3,(H3,15,16,17);1H. The number of ether oxygens (including phenoxy) is 3. The molecule has 0 amide bonds. The van der Waals surface area contributed by atoms with Gasteiger partial charge in [0.1, 0.15) is 11.5 Å². The highest BCUT2D eigenvalue weighted by molar-refractivity contribution is 14.0. The first-order valence-corrected chi connectivity index (χ1v) is 6.59. The lowest BCUT2D eigenvalue weighted by Crippen LogP contribution is -2.24. The van der Waals surface area contributed by atoms with E-state index in [1.807, 2.05) is 18.2 Å². The van der Waals surface area contributed by atoms with Crippen LogP contribution in [0, 0.1) is 5.92 Å². The summed E-state index contributed by atoms with van der Waals surface area (Å²) in [4.78, 5) is 4.34. The van der Waals surface area contributed by atoms with E-state index in [1.165, 1.54) is 0 Å². The van der Waals surface area contributed by atoms with E-state index in [-0.39, 0.29) is 24.0 Å². The smallest absolute Gasteiger partial charge is 0.193 e. The number of nitrogens with two attached hydrogens (primary N) is 1. The molecule has 1 unspecified atom stereocenters. The summed E-state index contributed by atoms with van der Waals surface area (Å²) in [6, 6.07) is 5.46. The summed E-state index contributed by atoms with van der Waals surface area (Å²) in [7, 11) is 3.22. The van der Waals surface area contributed by atoms with Gasteiger partial charge in [0, 0.05) is 25.1 Å². The predicted octanol–water partition coefficient (Wildman–Crippen LogP) is 2.08. The van der Waals surface area contributed by atoms with Crippen molar-refractivity contribution < 1.29 is 14.2 Å². The predicted molar refractivity (Wildman–Crippen MR) is 94.0 cm³/mol. The topological polar surface area (TPSA) is 78.1 Å². The molecule has 1 saturated heterocycles. The molecule has 21 heavy (non-hydrogen) atoms. The summed E-state index contributed by atoms with van der Waals surface area (Å²) in [5, 5.41) is 3.04.